The van der Waals surface area contributed by atoms with E-state index in [2.05, 4.69) is 37.6 Å². The van der Waals surface area contributed by atoms with Crippen LogP contribution in [0.25, 0.3) is 0 Å². The van der Waals surface area contributed by atoms with Crippen LogP contribution in [0.1, 0.15) is 75.3 Å². The van der Waals surface area contributed by atoms with Gasteiger partial charge in [0, 0.05) is 0 Å². The molecule has 5 rings (SSSR count). The van der Waals surface area contributed by atoms with Crippen LogP contribution in [0, 0.1) is 42.9 Å². The van der Waals surface area contributed by atoms with E-state index < -0.39 is 0 Å². The Labute approximate surface area is 176 Å². The molecular weight excluding hydrogens is 484 g/mol. The molecule has 5 unspecified atom stereocenters. The number of hydrogen-bond donors (Lipinski definition) is 0. The first-order valence-corrected chi connectivity index (χ1v) is 11.0. The second-order valence-corrected chi connectivity index (χ2v) is 9.17. The Hall–Kier alpha value is -0.0917. The summed E-state index contributed by atoms with van der Waals surface area (Å²) in [7, 11) is 0. The molecule has 0 radical (unpaired) electrons. The van der Waals surface area contributed by atoms with Gasteiger partial charge in [-0.3, -0.25) is 0 Å². The van der Waals surface area contributed by atoms with Crippen molar-refractivity contribution in [2.75, 3.05) is 0 Å². The maximum Gasteiger partial charge on any atom is 2.00 e. The van der Waals surface area contributed by atoms with Gasteiger partial charge in [0.05, 0.1) is 0 Å². The first-order chi connectivity index (χ1) is 12.3. The Morgan fingerprint density at radius 3 is 2.00 bits per heavy atom. The Bertz CT molecular complexity index is 514. The molecule has 0 saturated heterocycles. The van der Waals surface area contributed by atoms with Gasteiger partial charge in [-0.15, -0.1) is 0 Å². The van der Waals surface area contributed by atoms with Crippen molar-refractivity contribution >= 4 is 0 Å². The number of hydrogen-bond acceptors (Lipinski definition) is 0. The molecule has 26 heavy (non-hydrogen) atoms. The minimum absolute atomic E-state index is 0. The molecule has 5 atom stereocenters. The van der Waals surface area contributed by atoms with E-state index in [1.54, 1.807) is 11.1 Å². The SMILES string of the molecule is [CH2-]C1CCCCC1C1[CH-]CCC1.[W+2].c1ccc2c(c1)CC1CCCC1C2. The van der Waals surface area contributed by atoms with Gasteiger partial charge in [0.2, 0.25) is 0 Å². The van der Waals surface area contributed by atoms with E-state index in [4.69, 9.17) is 0 Å². The average Bonchev–Trinajstić information content (AvgIpc) is 3.32. The molecule has 3 saturated carbocycles. The minimum Gasteiger partial charge on any atom is -0.340 e. The van der Waals surface area contributed by atoms with E-state index in [0.717, 1.165) is 29.6 Å². The molecule has 0 heterocycles. The van der Waals surface area contributed by atoms with Crippen molar-refractivity contribution in [3.63, 3.8) is 0 Å². The molecular formula is C25H36W. The quantitative estimate of drug-likeness (QED) is 0.356. The maximum atomic E-state index is 4.30. The molecule has 0 aliphatic heterocycles. The monoisotopic (exact) mass is 520 g/mol. The Kier molecular flexibility index (Phi) is 7.86. The predicted octanol–water partition coefficient (Wildman–Crippen LogP) is 6.83. The van der Waals surface area contributed by atoms with Crippen LogP contribution < -0.4 is 0 Å². The second kappa shape index (κ2) is 9.91. The first-order valence-electron chi connectivity index (χ1n) is 11.0. The zero-order chi connectivity index (χ0) is 17.1. The minimum atomic E-state index is 0. The number of rotatable bonds is 1. The van der Waals surface area contributed by atoms with Gasteiger partial charge in [0.1, 0.15) is 0 Å². The second-order valence-electron chi connectivity index (χ2n) is 9.17. The summed E-state index contributed by atoms with van der Waals surface area (Å²) in [5.41, 5.74) is 3.26. The van der Waals surface area contributed by atoms with E-state index in [1.807, 2.05) is 0 Å². The normalized spacial score (nSPS) is 35.5. The van der Waals surface area contributed by atoms with Crippen molar-refractivity contribution in [2.24, 2.45) is 29.6 Å². The first kappa shape index (κ1) is 20.6. The van der Waals surface area contributed by atoms with Crippen LogP contribution in [0.4, 0.5) is 0 Å². The smallest absolute Gasteiger partial charge is 0.340 e. The summed E-state index contributed by atoms with van der Waals surface area (Å²) in [6.07, 6.45) is 19.7. The average molecular weight is 520 g/mol. The van der Waals surface area contributed by atoms with Crippen LogP contribution in [0.3, 0.4) is 0 Å². The zero-order valence-corrected chi connectivity index (χ0v) is 19.3. The van der Waals surface area contributed by atoms with E-state index in [-0.39, 0.29) is 21.1 Å². The van der Waals surface area contributed by atoms with Crippen LogP contribution in [0.5, 0.6) is 0 Å². The fraction of sp³-hybridized carbons (Fsp3) is 0.680. The molecule has 142 valence electrons. The predicted molar refractivity (Wildman–Crippen MR) is 107 cm³/mol. The van der Waals surface area contributed by atoms with E-state index in [9.17, 15) is 0 Å². The molecule has 1 heteroatoms. The van der Waals surface area contributed by atoms with Gasteiger partial charge in [-0.2, -0.15) is 18.3 Å². The summed E-state index contributed by atoms with van der Waals surface area (Å²) in [6, 6.07) is 9.02. The number of fused-ring (bicyclic) bond motifs is 2. The molecule has 0 spiro atoms. The summed E-state index contributed by atoms with van der Waals surface area (Å²) >= 11 is 0. The van der Waals surface area contributed by atoms with Gasteiger partial charge in [-0.05, 0) is 48.6 Å². The summed E-state index contributed by atoms with van der Waals surface area (Å²) < 4.78 is 0. The molecule has 4 aliphatic rings. The fourth-order valence-electron chi connectivity index (χ4n) is 6.16. The molecule has 1 aromatic rings. The molecule has 3 fully saturated rings. The van der Waals surface area contributed by atoms with Crippen molar-refractivity contribution in [1.82, 2.24) is 0 Å². The Morgan fingerprint density at radius 1 is 0.769 bits per heavy atom. The van der Waals surface area contributed by atoms with Gasteiger partial charge >= 0.3 is 21.1 Å². The van der Waals surface area contributed by atoms with Gasteiger partial charge in [0.15, 0.2) is 0 Å². The molecule has 0 nitrogen and oxygen atoms in total. The summed E-state index contributed by atoms with van der Waals surface area (Å²) in [5, 5.41) is 0. The van der Waals surface area contributed by atoms with Crippen molar-refractivity contribution < 1.29 is 21.1 Å². The third kappa shape index (κ3) is 4.84. The molecule has 0 amide bonds. The zero-order valence-electron chi connectivity index (χ0n) is 16.4. The van der Waals surface area contributed by atoms with Crippen molar-refractivity contribution in [3.8, 4) is 0 Å². The van der Waals surface area contributed by atoms with E-state index in [0.29, 0.717) is 0 Å². The molecule has 1 aromatic carbocycles. The topological polar surface area (TPSA) is 0 Å². The summed E-state index contributed by atoms with van der Waals surface area (Å²) in [4.78, 5) is 0. The van der Waals surface area contributed by atoms with Crippen molar-refractivity contribution in [2.45, 2.75) is 77.0 Å². The van der Waals surface area contributed by atoms with Gasteiger partial charge < -0.3 is 13.3 Å². The standard InChI is InChI=1S/C13H16.C12H20.W/c1-2-5-11-9-13-7-3-6-12(13)8-10(11)4-1;1-10-6-2-5-9-12(10)11-7-3-4-8-11;/h1-2,4-5,12-13H,3,6-9H2;7,10-12H,1-6,8-9H2;/q;-2;+2. The third-order valence-corrected chi connectivity index (χ3v) is 7.63. The Balaban J connectivity index is 0.000000146. The molecule has 0 aromatic heterocycles. The van der Waals surface area contributed by atoms with Crippen LogP contribution in [0.2, 0.25) is 0 Å². The molecule has 4 aliphatic carbocycles. The largest absolute Gasteiger partial charge is 2.00 e. The van der Waals surface area contributed by atoms with Crippen LogP contribution in [-0.2, 0) is 33.9 Å². The van der Waals surface area contributed by atoms with Crippen molar-refractivity contribution in [3.05, 3.63) is 48.7 Å². The fourth-order valence-corrected chi connectivity index (χ4v) is 6.16. The summed E-state index contributed by atoms with van der Waals surface area (Å²) in [6.45, 7) is 4.30. The van der Waals surface area contributed by atoms with Crippen LogP contribution in [-0.4, -0.2) is 0 Å². The van der Waals surface area contributed by atoms with Crippen LogP contribution in [0.15, 0.2) is 24.3 Å². The van der Waals surface area contributed by atoms with E-state index >= 15 is 0 Å². The van der Waals surface area contributed by atoms with Crippen LogP contribution >= 0.6 is 0 Å². The maximum absolute atomic E-state index is 4.30. The molecule has 0 bridgehead atoms. The Morgan fingerprint density at radius 2 is 1.42 bits per heavy atom. The van der Waals surface area contributed by atoms with Crippen molar-refractivity contribution in [1.29, 1.82) is 0 Å². The third-order valence-electron chi connectivity index (χ3n) is 7.63. The van der Waals surface area contributed by atoms with Gasteiger partial charge in [0.25, 0.3) is 0 Å². The van der Waals surface area contributed by atoms with E-state index in [1.165, 1.54) is 77.0 Å². The van der Waals surface area contributed by atoms with Gasteiger partial charge in [-0.1, -0.05) is 75.1 Å². The summed E-state index contributed by atoms with van der Waals surface area (Å²) in [5.74, 6) is 4.69. The van der Waals surface area contributed by atoms with Gasteiger partial charge in [-0.25, -0.2) is 0 Å². The molecule has 0 N–H and O–H groups in total. The number of benzene rings is 1.